The highest BCUT2D eigenvalue weighted by atomic mass is 32.1. The summed E-state index contributed by atoms with van der Waals surface area (Å²) < 4.78 is 20.2. The maximum Gasteiger partial charge on any atom is 0.226 e. The minimum atomic E-state index is -0.279. The van der Waals surface area contributed by atoms with Crippen molar-refractivity contribution in [2.75, 3.05) is 7.11 Å². The van der Waals surface area contributed by atoms with Crippen LogP contribution in [0.25, 0.3) is 16.2 Å². The molecule has 0 aliphatic rings. The number of benzene rings is 2. The van der Waals surface area contributed by atoms with Gasteiger partial charge in [0.2, 0.25) is 5.91 Å². The number of ether oxygens (including phenoxy) is 1. The van der Waals surface area contributed by atoms with Gasteiger partial charge < -0.3 is 10.1 Å². The summed E-state index contributed by atoms with van der Waals surface area (Å²) in [5.74, 6) is 0.413. The predicted octanol–water partition coefficient (Wildman–Crippen LogP) is 4.07. The SMILES string of the molecule is COc1cccc(CNC(=O)Cc2csc3nc(-c4ccc(F)cc4)cn23)c1. The van der Waals surface area contributed by atoms with E-state index < -0.39 is 0 Å². The zero-order valence-corrected chi connectivity index (χ0v) is 16.0. The van der Waals surface area contributed by atoms with Crippen LogP contribution in [-0.2, 0) is 17.8 Å². The average molecular weight is 395 g/mol. The molecule has 2 aromatic carbocycles. The molecule has 142 valence electrons. The summed E-state index contributed by atoms with van der Waals surface area (Å²) in [7, 11) is 1.62. The Morgan fingerprint density at radius 2 is 2.07 bits per heavy atom. The number of nitrogens with one attached hydrogen (secondary N) is 1. The van der Waals surface area contributed by atoms with Crippen molar-refractivity contribution in [2.24, 2.45) is 0 Å². The third kappa shape index (κ3) is 3.89. The lowest BCUT2D eigenvalue weighted by molar-refractivity contribution is -0.120. The number of imidazole rings is 1. The quantitative estimate of drug-likeness (QED) is 0.535. The lowest BCUT2D eigenvalue weighted by Crippen LogP contribution is -2.25. The minimum absolute atomic E-state index is 0.0699. The van der Waals surface area contributed by atoms with Crippen LogP contribution in [0.15, 0.2) is 60.1 Å². The van der Waals surface area contributed by atoms with E-state index in [1.54, 1.807) is 19.2 Å². The van der Waals surface area contributed by atoms with Gasteiger partial charge in [0, 0.05) is 29.4 Å². The lowest BCUT2D eigenvalue weighted by Gasteiger charge is -2.07. The van der Waals surface area contributed by atoms with Crippen molar-refractivity contribution >= 4 is 22.2 Å². The maximum atomic E-state index is 13.1. The van der Waals surface area contributed by atoms with E-state index in [1.807, 2.05) is 40.2 Å². The topological polar surface area (TPSA) is 55.6 Å². The summed E-state index contributed by atoms with van der Waals surface area (Å²) in [5, 5.41) is 4.87. The number of aromatic nitrogens is 2. The molecule has 4 aromatic rings. The molecule has 0 saturated carbocycles. The van der Waals surface area contributed by atoms with Gasteiger partial charge in [-0.2, -0.15) is 0 Å². The van der Waals surface area contributed by atoms with Crippen LogP contribution < -0.4 is 10.1 Å². The molecule has 0 radical (unpaired) electrons. The minimum Gasteiger partial charge on any atom is -0.497 e. The van der Waals surface area contributed by atoms with Gasteiger partial charge in [-0.25, -0.2) is 9.37 Å². The second-order valence-corrected chi connectivity index (χ2v) is 7.15. The van der Waals surface area contributed by atoms with Gasteiger partial charge in [0.15, 0.2) is 4.96 Å². The van der Waals surface area contributed by atoms with E-state index >= 15 is 0 Å². The van der Waals surface area contributed by atoms with Crippen LogP contribution in [0.3, 0.4) is 0 Å². The van der Waals surface area contributed by atoms with Gasteiger partial charge in [-0.1, -0.05) is 12.1 Å². The molecule has 0 aliphatic carbocycles. The third-order valence-corrected chi connectivity index (χ3v) is 5.28. The molecule has 0 saturated heterocycles. The summed E-state index contributed by atoms with van der Waals surface area (Å²) in [6.45, 7) is 0.439. The number of hydrogen-bond donors (Lipinski definition) is 1. The van der Waals surface area contributed by atoms with Crippen LogP contribution in [0, 0.1) is 5.82 Å². The summed E-state index contributed by atoms with van der Waals surface area (Å²) in [6, 6.07) is 13.8. The highest BCUT2D eigenvalue weighted by molar-refractivity contribution is 7.15. The van der Waals surface area contributed by atoms with Crippen LogP contribution in [0.5, 0.6) is 5.75 Å². The van der Waals surface area contributed by atoms with Crippen LogP contribution in [-0.4, -0.2) is 22.4 Å². The zero-order valence-electron chi connectivity index (χ0n) is 15.2. The first-order valence-electron chi connectivity index (χ1n) is 8.73. The highest BCUT2D eigenvalue weighted by Crippen LogP contribution is 2.24. The summed E-state index contributed by atoms with van der Waals surface area (Å²) in [5.41, 5.74) is 3.43. The van der Waals surface area contributed by atoms with Crippen molar-refractivity contribution < 1.29 is 13.9 Å². The molecule has 2 aromatic heterocycles. The summed E-state index contributed by atoms with van der Waals surface area (Å²) in [6.07, 6.45) is 2.13. The molecular weight excluding hydrogens is 377 g/mol. The third-order valence-electron chi connectivity index (χ3n) is 4.39. The largest absolute Gasteiger partial charge is 0.497 e. The molecule has 0 unspecified atom stereocenters. The number of fused-ring (bicyclic) bond motifs is 1. The first-order chi connectivity index (χ1) is 13.6. The van der Waals surface area contributed by atoms with Gasteiger partial charge >= 0.3 is 0 Å². The van der Waals surface area contributed by atoms with E-state index in [0.717, 1.165) is 33.2 Å². The number of rotatable bonds is 6. The van der Waals surface area contributed by atoms with Crippen molar-refractivity contribution in [1.82, 2.24) is 14.7 Å². The van der Waals surface area contributed by atoms with Gasteiger partial charge in [-0.05, 0) is 42.0 Å². The number of carbonyl (C=O) groups is 1. The maximum absolute atomic E-state index is 13.1. The molecule has 1 amide bonds. The number of hydrogen-bond acceptors (Lipinski definition) is 4. The van der Waals surface area contributed by atoms with E-state index in [-0.39, 0.29) is 18.1 Å². The Kier molecular flexibility index (Phi) is 5.08. The molecule has 0 aliphatic heterocycles. The molecular formula is C21H18FN3O2S. The standard InChI is InChI=1S/C21H18FN3O2S/c1-27-18-4-2-3-14(9-18)11-23-20(26)10-17-13-28-21-24-19(12-25(17)21)15-5-7-16(22)8-6-15/h2-9,12-13H,10-11H2,1H3,(H,23,26). The highest BCUT2D eigenvalue weighted by Gasteiger charge is 2.12. The number of nitrogens with zero attached hydrogens (tertiary/aromatic N) is 2. The van der Waals surface area contributed by atoms with Gasteiger partial charge in [0.1, 0.15) is 11.6 Å². The number of methoxy groups -OCH3 is 1. The fourth-order valence-corrected chi connectivity index (χ4v) is 3.80. The number of thiazole rings is 1. The van der Waals surface area contributed by atoms with E-state index in [2.05, 4.69) is 10.3 Å². The van der Waals surface area contributed by atoms with E-state index in [9.17, 15) is 9.18 Å². The Morgan fingerprint density at radius 1 is 1.25 bits per heavy atom. The van der Waals surface area contributed by atoms with Crippen molar-refractivity contribution in [3.8, 4) is 17.0 Å². The Morgan fingerprint density at radius 3 is 2.86 bits per heavy atom. The van der Waals surface area contributed by atoms with E-state index in [4.69, 9.17) is 4.74 Å². The Balaban J connectivity index is 1.45. The van der Waals surface area contributed by atoms with Crippen LogP contribution in [0.1, 0.15) is 11.3 Å². The summed E-state index contributed by atoms with van der Waals surface area (Å²) in [4.78, 5) is 17.8. The first-order valence-corrected chi connectivity index (χ1v) is 9.61. The number of carbonyl (C=O) groups excluding carboxylic acids is 1. The monoisotopic (exact) mass is 395 g/mol. The van der Waals surface area contributed by atoms with Crippen LogP contribution >= 0.6 is 11.3 Å². The molecule has 7 heteroatoms. The van der Waals surface area contributed by atoms with Crippen LogP contribution in [0.2, 0.25) is 0 Å². The molecule has 5 nitrogen and oxygen atoms in total. The number of halogens is 1. The lowest BCUT2D eigenvalue weighted by atomic mass is 10.2. The predicted molar refractivity (Wildman–Crippen MR) is 107 cm³/mol. The fraction of sp³-hybridized carbons (Fsp3) is 0.143. The zero-order chi connectivity index (χ0) is 19.5. The smallest absolute Gasteiger partial charge is 0.226 e. The van der Waals surface area contributed by atoms with Gasteiger partial charge in [0.05, 0.1) is 19.2 Å². The fourth-order valence-electron chi connectivity index (χ4n) is 2.93. The van der Waals surface area contributed by atoms with Gasteiger partial charge in [0.25, 0.3) is 0 Å². The van der Waals surface area contributed by atoms with E-state index in [1.165, 1.54) is 23.5 Å². The first kappa shape index (κ1) is 18.2. The molecule has 28 heavy (non-hydrogen) atoms. The Labute approximate surface area is 165 Å². The van der Waals surface area contributed by atoms with Gasteiger partial charge in [-0.3, -0.25) is 9.20 Å². The van der Waals surface area contributed by atoms with Crippen molar-refractivity contribution in [3.05, 3.63) is 77.2 Å². The summed E-state index contributed by atoms with van der Waals surface area (Å²) >= 11 is 1.48. The number of amides is 1. The average Bonchev–Trinajstić information content (AvgIpc) is 3.29. The Hall–Kier alpha value is -3.19. The molecule has 0 fully saturated rings. The van der Waals surface area contributed by atoms with Crippen molar-refractivity contribution in [3.63, 3.8) is 0 Å². The van der Waals surface area contributed by atoms with Gasteiger partial charge in [-0.15, -0.1) is 11.3 Å². The normalized spacial score (nSPS) is 10.9. The second kappa shape index (κ2) is 7.82. The molecule has 0 bridgehead atoms. The van der Waals surface area contributed by atoms with Crippen LogP contribution in [0.4, 0.5) is 4.39 Å². The second-order valence-electron chi connectivity index (χ2n) is 6.32. The molecule has 4 rings (SSSR count). The molecule has 0 spiro atoms. The van der Waals surface area contributed by atoms with Crippen molar-refractivity contribution in [2.45, 2.75) is 13.0 Å². The molecule has 0 atom stereocenters. The van der Waals surface area contributed by atoms with E-state index in [0.29, 0.717) is 6.54 Å². The Bertz CT molecular complexity index is 1120. The molecule has 2 heterocycles. The van der Waals surface area contributed by atoms with Crippen molar-refractivity contribution in [1.29, 1.82) is 0 Å². The molecule has 1 N–H and O–H groups in total.